The van der Waals surface area contributed by atoms with E-state index in [0.717, 1.165) is 12.8 Å². The average molecular weight is 358 g/mol. The quantitative estimate of drug-likeness (QED) is 0.657. The SMILES string of the molecule is C=CC1(CC)c2cc(C#N)ccc2N2c3ccccc3N(C)C2C1(C)CC. The maximum absolute atomic E-state index is 9.53. The smallest absolute Gasteiger partial charge is 0.113 e. The lowest BCUT2D eigenvalue weighted by molar-refractivity contribution is 0.118. The molecule has 2 aromatic carbocycles. The molecule has 0 bridgehead atoms. The van der Waals surface area contributed by atoms with Gasteiger partial charge in [-0.2, -0.15) is 5.26 Å². The Hall–Kier alpha value is -2.73. The topological polar surface area (TPSA) is 30.3 Å². The first-order valence-corrected chi connectivity index (χ1v) is 9.78. The van der Waals surface area contributed by atoms with Crippen LogP contribution in [-0.4, -0.2) is 13.2 Å². The molecule has 2 heterocycles. The van der Waals surface area contributed by atoms with Crippen LogP contribution in [0.4, 0.5) is 17.1 Å². The minimum absolute atomic E-state index is 0.0572. The molecule has 0 radical (unpaired) electrons. The van der Waals surface area contributed by atoms with Crippen molar-refractivity contribution in [3.63, 3.8) is 0 Å². The fourth-order valence-electron chi connectivity index (χ4n) is 5.67. The van der Waals surface area contributed by atoms with Crippen LogP contribution in [0, 0.1) is 16.7 Å². The third kappa shape index (κ3) is 1.96. The van der Waals surface area contributed by atoms with E-state index in [0.29, 0.717) is 5.56 Å². The van der Waals surface area contributed by atoms with Crippen LogP contribution in [0.3, 0.4) is 0 Å². The Morgan fingerprint density at radius 2 is 1.81 bits per heavy atom. The number of fused-ring (bicyclic) bond motifs is 5. The summed E-state index contributed by atoms with van der Waals surface area (Å²) in [5.74, 6) is 0. The predicted octanol–water partition coefficient (Wildman–Crippen LogP) is 5.74. The highest BCUT2D eigenvalue weighted by Gasteiger charge is 2.60. The minimum Gasteiger partial charge on any atom is -0.352 e. The van der Waals surface area contributed by atoms with Crippen molar-refractivity contribution in [2.75, 3.05) is 16.8 Å². The van der Waals surface area contributed by atoms with Crippen molar-refractivity contribution < 1.29 is 0 Å². The Morgan fingerprint density at radius 3 is 2.41 bits per heavy atom. The molecule has 0 saturated heterocycles. The molecule has 2 aliphatic heterocycles. The maximum atomic E-state index is 9.53. The highest BCUT2D eigenvalue weighted by molar-refractivity contribution is 5.87. The molecule has 0 spiro atoms. The lowest BCUT2D eigenvalue weighted by Gasteiger charge is -2.59. The molecule has 0 aliphatic carbocycles. The zero-order valence-corrected chi connectivity index (χ0v) is 16.7. The zero-order valence-electron chi connectivity index (χ0n) is 16.7. The van der Waals surface area contributed by atoms with E-state index >= 15 is 0 Å². The fraction of sp³-hybridized carbons (Fsp3) is 0.375. The van der Waals surface area contributed by atoms with Crippen molar-refractivity contribution in [2.24, 2.45) is 5.41 Å². The van der Waals surface area contributed by atoms with Crippen LogP contribution in [0.2, 0.25) is 0 Å². The van der Waals surface area contributed by atoms with Crippen molar-refractivity contribution in [1.29, 1.82) is 5.26 Å². The number of nitriles is 1. The Balaban J connectivity index is 2.12. The van der Waals surface area contributed by atoms with Crippen molar-refractivity contribution >= 4 is 17.1 Å². The second-order valence-electron chi connectivity index (χ2n) is 7.99. The third-order valence-electron chi connectivity index (χ3n) is 7.23. The lowest BCUT2D eigenvalue weighted by Crippen LogP contribution is -2.62. The molecule has 0 aromatic heterocycles. The molecule has 2 aromatic rings. The summed E-state index contributed by atoms with van der Waals surface area (Å²) in [5, 5.41) is 9.53. The van der Waals surface area contributed by atoms with Crippen molar-refractivity contribution in [3.05, 3.63) is 66.2 Å². The number of hydrogen-bond donors (Lipinski definition) is 0. The summed E-state index contributed by atoms with van der Waals surface area (Å²) < 4.78 is 0. The van der Waals surface area contributed by atoms with Gasteiger partial charge in [0, 0.05) is 23.6 Å². The first-order valence-electron chi connectivity index (χ1n) is 9.78. The molecular formula is C24H27N3. The summed E-state index contributed by atoms with van der Waals surface area (Å²) >= 11 is 0. The summed E-state index contributed by atoms with van der Waals surface area (Å²) in [5.41, 5.74) is 5.39. The molecular weight excluding hydrogens is 330 g/mol. The number of para-hydroxylation sites is 2. The first kappa shape index (κ1) is 17.7. The van der Waals surface area contributed by atoms with E-state index < -0.39 is 0 Å². The molecule has 3 heteroatoms. The van der Waals surface area contributed by atoms with Crippen molar-refractivity contribution in [1.82, 2.24) is 0 Å². The van der Waals surface area contributed by atoms with Gasteiger partial charge >= 0.3 is 0 Å². The van der Waals surface area contributed by atoms with E-state index in [-0.39, 0.29) is 17.0 Å². The first-order chi connectivity index (χ1) is 13.0. The number of benzene rings is 2. The van der Waals surface area contributed by atoms with Crippen LogP contribution >= 0.6 is 0 Å². The zero-order chi connectivity index (χ0) is 19.4. The standard InChI is InChI=1S/C24H27N3/c1-6-23(4)22-26(5)20-11-9-10-12-21(20)27(22)19-14-13-17(16-25)15-18(19)24(23,7-2)8-3/h7,9-15,22H,2,6,8H2,1,3-5H3. The van der Waals surface area contributed by atoms with E-state index in [9.17, 15) is 5.26 Å². The van der Waals surface area contributed by atoms with Gasteiger partial charge in [0.25, 0.3) is 0 Å². The molecule has 138 valence electrons. The summed E-state index contributed by atoms with van der Waals surface area (Å²) in [4.78, 5) is 4.90. The van der Waals surface area contributed by atoms with Gasteiger partial charge < -0.3 is 9.80 Å². The average Bonchev–Trinajstić information content (AvgIpc) is 3.02. The van der Waals surface area contributed by atoms with E-state index in [2.05, 4.69) is 92.7 Å². The van der Waals surface area contributed by atoms with Crippen molar-refractivity contribution in [3.8, 4) is 6.07 Å². The number of allylic oxidation sites excluding steroid dienone is 1. The monoisotopic (exact) mass is 357 g/mol. The third-order valence-corrected chi connectivity index (χ3v) is 7.23. The number of rotatable bonds is 3. The Morgan fingerprint density at radius 1 is 1.11 bits per heavy atom. The molecule has 0 saturated carbocycles. The highest BCUT2D eigenvalue weighted by atomic mass is 15.4. The normalized spacial score (nSPS) is 28.2. The predicted molar refractivity (Wildman–Crippen MR) is 112 cm³/mol. The largest absolute Gasteiger partial charge is 0.352 e. The Labute approximate surface area is 162 Å². The molecule has 3 unspecified atom stereocenters. The van der Waals surface area contributed by atoms with Crippen LogP contribution in [0.15, 0.2) is 55.1 Å². The maximum Gasteiger partial charge on any atom is 0.113 e. The summed E-state index contributed by atoms with van der Waals surface area (Å²) in [6, 6.07) is 17.1. The minimum atomic E-state index is -0.193. The van der Waals surface area contributed by atoms with Gasteiger partial charge in [0.05, 0.1) is 23.0 Å². The highest BCUT2D eigenvalue weighted by Crippen LogP contribution is 2.63. The van der Waals surface area contributed by atoms with E-state index in [1.54, 1.807) is 0 Å². The van der Waals surface area contributed by atoms with Crippen LogP contribution in [0.1, 0.15) is 44.7 Å². The molecule has 2 aliphatic rings. The van der Waals surface area contributed by atoms with Gasteiger partial charge in [0.15, 0.2) is 0 Å². The molecule has 0 N–H and O–H groups in total. The van der Waals surface area contributed by atoms with Gasteiger partial charge in [-0.3, -0.25) is 0 Å². The Bertz CT molecular complexity index is 956. The molecule has 27 heavy (non-hydrogen) atoms. The van der Waals surface area contributed by atoms with E-state index in [4.69, 9.17) is 0 Å². The van der Waals surface area contributed by atoms with Gasteiger partial charge in [-0.1, -0.05) is 39.0 Å². The second-order valence-corrected chi connectivity index (χ2v) is 7.99. The van der Waals surface area contributed by atoms with Gasteiger partial charge in [-0.05, 0) is 48.7 Å². The summed E-state index contributed by atoms with van der Waals surface area (Å²) in [7, 11) is 2.20. The molecule has 0 amide bonds. The van der Waals surface area contributed by atoms with E-state index in [1.165, 1.54) is 22.6 Å². The molecule has 3 nitrogen and oxygen atoms in total. The van der Waals surface area contributed by atoms with Crippen LogP contribution in [0.5, 0.6) is 0 Å². The van der Waals surface area contributed by atoms with E-state index in [1.807, 2.05) is 6.07 Å². The Kier molecular flexibility index (Phi) is 3.85. The summed E-state index contributed by atoms with van der Waals surface area (Å²) in [6.07, 6.45) is 4.32. The second kappa shape index (κ2) is 5.89. The molecule has 4 rings (SSSR count). The number of anilines is 3. The van der Waals surface area contributed by atoms with Gasteiger partial charge in [-0.15, -0.1) is 6.58 Å². The van der Waals surface area contributed by atoms with Gasteiger partial charge in [0.1, 0.15) is 6.17 Å². The van der Waals surface area contributed by atoms with Gasteiger partial charge in [-0.25, -0.2) is 0 Å². The van der Waals surface area contributed by atoms with Crippen molar-refractivity contribution in [2.45, 2.75) is 45.2 Å². The lowest BCUT2D eigenvalue weighted by atomic mass is 9.54. The number of hydrogen-bond acceptors (Lipinski definition) is 3. The van der Waals surface area contributed by atoms with Crippen LogP contribution in [0.25, 0.3) is 0 Å². The fourth-order valence-corrected chi connectivity index (χ4v) is 5.67. The molecule has 0 fully saturated rings. The summed E-state index contributed by atoms with van der Waals surface area (Å²) in [6.45, 7) is 11.2. The van der Waals surface area contributed by atoms with Crippen LogP contribution in [-0.2, 0) is 5.41 Å². The number of nitrogens with zero attached hydrogens (tertiary/aromatic N) is 3. The van der Waals surface area contributed by atoms with Gasteiger partial charge in [0.2, 0.25) is 0 Å². The van der Waals surface area contributed by atoms with Crippen LogP contribution < -0.4 is 9.80 Å². The molecule has 3 atom stereocenters.